The Bertz CT molecular complexity index is 1080. The van der Waals surface area contributed by atoms with Crippen molar-refractivity contribution in [1.82, 2.24) is 19.5 Å². The van der Waals surface area contributed by atoms with Crippen molar-refractivity contribution in [3.8, 4) is 11.5 Å². The highest BCUT2D eigenvalue weighted by Gasteiger charge is 2.27. The second-order valence-corrected chi connectivity index (χ2v) is 6.50. The molecule has 3 atom stereocenters. The van der Waals surface area contributed by atoms with Crippen molar-refractivity contribution in [2.75, 3.05) is 6.61 Å². The van der Waals surface area contributed by atoms with E-state index < -0.39 is 36.2 Å². The Morgan fingerprint density at radius 1 is 1.07 bits per heavy atom. The lowest BCUT2D eigenvalue weighted by molar-refractivity contribution is -0.0802. The van der Waals surface area contributed by atoms with Crippen LogP contribution in [0.25, 0.3) is 22.6 Å². The van der Waals surface area contributed by atoms with E-state index in [0.717, 1.165) is 11.1 Å². The molecule has 0 amide bonds. The highest BCUT2D eigenvalue weighted by Crippen LogP contribution is 2.24. The van der Waals surface area contributed by atoms with Crippen molar-refractivity contribution in [1.29, 1.82) is 0 Å². The van der Waals surface area contributed by atoms with Gasteiger partial charge in [0.1, 0.15) is 18.3 Å². The minimum atomic E-state index is -1.64. The second-order valence-electron chi connectivity index (χ2n) is 6.50. The van der Waals surface area contributed by atoms with Gasteiger partial charge in [-0.05, 0) is 37.1 Å². The molecule has 1 aromatic rings. The Morgan fingerprint density at radius 2 is 1.71 bits per heavy atom. The molecule has 0 unspecified atom stereocenters. The van der Waals surface area contributed by atoms with Gasteiger partial charge < -0.3 is 30.5 Å². The van der Waals surface area contributed by atoms with Crippen molar-refractivity contribution >= 4 is 11.0 Å². The molecule has 152 valence electrons. The summed E-state index contributed by atoms with van der Waals surface area (Å²) in [6.07, 6.45) is -4.68. The molecule has 0 saturated carbocycles. The minimum Gasteiger partial charge on any atom is -0.412 e. The van der Waals surface area contributed by atoms with Gasteiger partial charge in [0.25, 0.3) is 5.56 Å². The maximum absolute atomic E-state index is 12.2. The van der Waals surface area contributed by atoms with Crippen LogP contribution >= 0.6 is 0 Å². The highest BCUT2D eigenvalue weighted by atomic mass is 16.4. The summed E-state index contributed by atoms with van der Waals surface area (Å²) in [5.41, 5.74) is 1.11. The quantitative estimate of drug-likeness (QED) is 0.292. The molecule has 7 N–H and O–H groups in total. The average Bonchev–Trinajstić information content (AvgIpc) is 2.62. The van der Waals surface area contributed by atoms with Crippen LogP contribution in [-0.2, 0) is 6.54 Å². The number of aromatic nitrogens is 4. The van der Waals surface area contributed by atoms with Gasteiger partial charge in [0.2, 0.25) is 0 Å². The van der Waals surface area contributed by atoms with Gasteiger partial charge in [0, 0.05) is 0 Å². The lowest BCUT2D eigenvalue weighted by Crippen LogP contribution is -2.42. The van der Waals surface area contributed by atoms with Gasteiger partial charge in [0.05, 0.1) is 24.2 Å². The van der Waals surface area contributed by atoms with Crippen LogP contribution in [0.2, 0.25) is 0 Å². The summed E-state index contributed by atoms with van der Waals surface area (Å²) in [5.74, 6) is -0.0516. The van der Waals surface area contributed by atoms with Gasteiger partial charge in [-0.1, -0.05) is 0 Å². The standard InChI is InChI=1S/C17H20N4O6.H2O/c1-7-3-9-10(4-8(7)2)21(5-11(23)14(25)12(24)6-22)15-13(18-9)16(26)20-17(27)19-15;/h3-4,11-12,14,22-25H,5-6H2,1-2H3,(H,20,26,27);1H2/t11-,12+,14-;/m1./s1. The van der Waals surface area contributed by atoms with Gasteiger partial charge in [-0.3, -0.25) is 9.78 Å². The average molecular weight is 394 g/mol. The van der Waals surface area contributed by atoms with Gasteiger partial charge in [0.15, 0.2) is 11.5 Å². The second kappa shape index (κ2) is 8.12. The summed E-state index contributed by atoms with van der Waals surface area (Å²) in [4.78, 5) is 34.0. The van der Waals surface area contributed by atoms with Crippen molar-refractivity contribution in [3.63, 3.8) is 0 Å². The number of hydrogen-bond acceptors (Lipinski definition) is 8. The normalized spacial score (nSPS) is 14.6. The topological polar surface area (TPSA) is 193 Å². The van der Waals surface area contributed by atoms with E-state index in [2.05, 4.69) is 15.0 Å². The SMILES string of the molecule is Cc1cc2nc3c(=O)[nH]c(=O)nc-3n(C[C@@H](O)[C@@H](O)[C@@H](O)CO)c2cc1C.O. The van der Waals surface area contributed by atoms with E-state index in [1.165, 1.54) is 4.57 Å². The number of rotatable bonds is 5. The Labute approximate surface area is 158 Å². The summed E-state index contributed by atoms with van der Waals surface area (Å²) in [6.45, 7) is 2.73. The number of nitrogens with zero attached hydrogens (tertiary/aromatic N) is 3. The molecule has 0 aromatic heterocycles. The number of fused-ring (bicyclic) bond motifs is 2. The van der Waals surface area contributed by atoms with Gasteiger partial charge in [-0.25, -0.2) is 9.78 Å². The molecule has 0 radical (unpaired) electrons. The fourth-order valence-corrected chi connectivity index (χ4v) is 2.89. The number of hydrogen-bond donors (Lipinski definition) is 5. The Hall–Kier alpha value is -2.70. The molecule has 0 fully saturated rings. The van der Waals surface area contributed by atoms with E-state index in [9.17, 15) is 24.9 Å². The smallest absolute Gasteiger partial charge is 0.349 e. The monoisotopic (exact) mass is 394 g/mol. The van der Waals surface area contributed by atoms with Crippen LogP contribution in [0, 0.1) is 13.8 Å². The first kappa shape index (κ1) is 21.6. The molecular formula is C17H22N4O7. The molecule has 0 bridgehead atoms. The molecule has 11 nitrogen and oxygen atoms in total. The zero-order valence-electron chi connectivity index (χ0n) is 15.2. The lowest BCUT2D eigenvalue weighted by Gasteiger charge is -2.25. The predicted molar refractivity (Wildman–Crippen MR) is 99.2 cm³/mol. The molecule has 11 heteroatoms. The Kier molecular flexibility index (Phi) is 6.27. The number of H-pyrrole nitrogens is 1. The van der Waals surface area contributed by atoms with E-state index in [-0.39, 0.29) is 23.5 Å². The molecule has 2 aliphatic heterocycles. The summed E-state index contributed by atoms with van der Waals surface area (Å²) in [7, 11) is 0. The van der Waals surface area contributed by atoms with Crippen LogP contribution in [0.5, 0.6) is 0 Å². The van der Waals surface area contributed by atoms with Gasteiger partial charge in [-0.15, -0.1) is 0 Å². The molecule has 0 spiro atoms. The lowest BCUT2D eigenvalue weighted by atomic mass is 10.1. The van der Waals surface area contributed by atoms with E-state index >= 15 is 0 Å². The zero-order valence-corrected chi connectivity index (χ0v) is 15.2. The Morgan fingerprint density at radius 3 is 2.36 bits per heavy atom. The predicted octanol–water partition coefficient (Wildman–Crippen LogP) is -2.55. The molecule has 3 rings (SSSR count). The number of aliphatic hydroxyl groups excluding tert-OH is 4. The van der Waals surface area contributed by atoms with Gasteiger partial charge >= 0.3 is 5.69 Å². The van der Waals surface area contributed by atoms with Crippen LogP contribution in [0.1, 0.15) is 11.1 Å². The molecule has 2 heterocycles. The van der Waals surface area contributed by atoms with Crippen molar-refractivity contribution in [3.05, 3.63) is 44.1 Å². The van der Waals surface area contributed by atoms with E-state index in [4.69, 9.17) is 5.11 Å². The van der Waals surface area contributed by atoms with Crippen LogP contribution in [0.3, 0.4) is 0 Å². The fraction of sp³-hybridized carbons (Fsp3) is 0.412. The fourth-order valence-electron chi connectivity index (χ4n) is 2.89. The number of aryl methyl sites for hydroxylation is 2. The maximum Gasteiger partial charge on any atom is 0.349 e. The van der Waals surface area contributed by atoms with Gasteiger partial charge in [-0.2, -0.15) is 4.98 Å². The van der Waals surface area contributed by atoms with E-state index in [0.29, 0.717) is 11.0 Å². The van der Waals surface area contributed by atoms with E-state index in [1.807, 2.05) is 13.8 Å². The summed E-state index contributed by atoms with van der Waals surface area (Å²) >= 11 is 0. The highest BCUT2D eigenvalue weighted by molar-refractivity contribution is 5.81. The largest absolute Gasteiger partial charge is 0.412 e. The van der Waals surface area contributed by atoms with Crippen LogP contribution < -0.4 is 11.2 Å². The van der Waals surface area contributed by atoms with E-state index in [1.54, 1.807) is 12.1 Å². The first-order valence-corrected chi connectivity index (χ1v) is 8.29. The first-order chi connectivity index (χ1) is 12.7. The third kappa shape index (κ3) is 3.79. The Balaban J connectivity index is 0.00000280. The van der Waals surface area contributed by atoms with Crippen LogP contribution in [-0.4, -0.2) is 70.3 Å². The number of aromatic amines is 1. The minimum absolute atomic E-state index is 0. The van der Waals surface area contributed by atoms with Crippen molar-refractivity contribution in [2.24, 2.45) is 0 Å². The number of benzene rings is 1. The maximum atomic E-state index is 12.2. The summed E-state index contributed by atoms with van der Waals surface area (Å²) in [5, 5.41) is 38.8. The number of aliphatic hydroxyl groups is 4. The number of nitrogens with one attached hydrogen (secondary N) is 1. The molecule has 28 heavy (non-hydrogen) atoms. The molecule has 1 aromatic carbocycles. The summed E-state index contributed by atoms with van der Waals surface area (Å²) in [6, 6.07) is 3.53. The van der Waals surface area contributed by atoms with Crippen molar-refractivity contribution in [2.45, 2.75) is 38.7 Å². The molecule has 0 saturated heterocycles. The zero-order chi connectivity index (χ0) is 19.9. The van der Waals surface area contributed by atoms with Crippen LogP contribution in [0.4, 0.5) is 0 Å². The molecule has 0 aliphatic carbocycles. The van der Waals surface area contributed by atoms with Crippen LogP contribution in [0.15, 0.2) is 21.7 Å². The van der Waals surface area contributed by atoms with Crippen molar-refractivity contribution < 1.29 is 25.9 Å². The summed E-state index contributed by atoms with van der Waals surface area (Å²) < 4.78 is 1.40. The first-order valence-electron chi connectivity index (χ1n) is 8.29. The third-order valence-corrected chi connectivity index (χ3v) is 4.57. The molecular weight excluding hydrogens is 372 g/mol. The molecule has 2 aliphatic rings. The third-order valence-electron chi connectivity index (χ3n) is 4.57.